The molecule has 332 valence electrons. The molecule has 2 aromatic carbocycles. The first-order chi connectivity index (χ1) is 28.4. The van der Waals surface area contributed by atoms with Gasteiger partial charge in [-0.1, -0.05) is 161 Å². The molecule has 0 unspecified atom stereocenters. The van der Waals surface area contributed by atoms with Crippen molar-refractivity contribution in [3.8, 4) is 0 Å². The van der Waals surface area contributed by atoms with Crippen LogP contribution in [0.5, 0.6) is 0 Å². The van der Waals surface area contributed by atoms with Crippen LogP contribution >= 0.6 is 0 Å². The number of nitrogens with one attached hydrogen (secondary N) is 2. The second-order valence-corrected chi connectivity index (χ2v) is 24.5. The van der Waals surface area contributed by atoms with Crippen molar-refractivity contribution in [2.75, 3.05) is 0 Å². The van der Waals surface area contributed by atoms with Gasteiger partial charge >= 0.3 is 0 Å². The second kappa shape index (κ2) is 15.4. The van der Waals surface area contributed by atoms with Gasteiger partial charge < -0.3 is 0 Å². The van der Waals surface area contributed by atoms with E-state index >= 15 is 0 Å². The van der Waals surface area contributed by atoms with Crippen molar-refractivity contribution >= 4 is 0 Å². The van der Waals surface area contributed by atoms with Crippen LogP contribution < -0.4 is 9.13 Å². The molecule has 62 heavy (non-hydrogen) atoms. The first-order valence-electron chi connectivity index (χ1n) is 22.8. The molecule has 0 radical (unpaired) electrons. The van der Waals surface area contributed by atoms with Crippen molar-refractivity contribution in [2.45, 2.75) is 196 Å². The molecule has 0 aliphatic carbocycles. The van der Waals surface area contributed by atoms with E-state index in [2.05, 4.69) is 202 Å². The van der Waals surface area contributed by atoms with E-state index in [4.69, 9.17) is 20.2 Å². The van der Waals surface area contributed by atoms with Crippen molar-refractivity contribution in [1.82, 2.24) is 39.5 Å². The molecule has 0 atom stereocenters. The van der Waals surface area contributed by atoms with E-state index in [0.717, 1.165) is 36.4 Å². The number of fused-ring (bicyclic) bond motifs is 12. The summed E-state index contributed by atoms with van der Waals surface area (Å²) in [5, 5.41) is 16.4. The van der Waals surface area contributed by atoms with Gasteiger partial charge in [-0.2, -0.15) is 10.2 Å². The molecule has 5 heterocycles. The number of hydrogen-bond acceptors (Lipinski definition) is 4. The average molecular weight is 841 g/mol. The number of aromatic nitrogens is 10. The molecule has 6 aromatic rings. The van der Waals surface area contributed by atoms with Crippen molar-refractivity contribution in [1.29, 1.82) is 0 Å². The van der Waals surface area contributed by atoms with Crippen LogP contribution in [0.3, 0.4) is 0 Å². The molecule has 0 spiro atoms. The molecule has 10 nitrogen and oxygen atoms in total. The van der Waals surface area contributed by atoms with Crippen molar-refractivity contribution in [3.05, 3.63) is 129 Å². The maximum absolute atomic E-state index is 5.22. The van der Waals surface area contributed by atoms with Gasteiger partial charge in [0.05, 0.1) is 0 Å². The highest BCUT2D eigenvalue weighted by molar-refractivity contribution is 5.37. The number of benzene rings is 2. The lowest BCUT2D eigenvalue weighted by atomic mass is 9.81. The van der Waals surface area contributed by atoms with E-state index in [9.17, 15) is 0 Å². The Hall–Kier alpha value is -4.86. The minimum atomic E-state index is -0.129. The van der Waals surface area contributed by atoms with E-state index in [-0.39, 0.29) is 32.5 Å². The molecular formula is C52H76N10+2. The van der Waals surface area contributed by atoms with Gasteiger partial charge in [-0.3, -0.25) is 10.2 Å². The van der Waals surface area contributed by atoms with E-state index in [0.29, 0.717) is 25.9 Å². The maximum atomic E-state index is 5.22. The summed E-state index contributed by atoms with van der Waals surface area (Å²) in [6.07, 6.45) is 5.95. The number of rotatable bonds is 0. The third-order valence-electron chi connectivity index (χ3n) is 12.1. The van der Waals surface area contributed by atoms with E-state index in [1.54, 1.807) is 0 Å². The largest absolute Gasteiger partial charge is 0.263 e. The number of imidazole rings is 2. The van der Waals surface area contributed by atoms with Crippen molar-refractivity contribution in [2.24, 2.45) is 0 Å². The smallest absolute Gasteiger partial charge is 0.244 e. The molecule has 1 aliphatic heterocycles. The highest BCUT2D eigenvalue weighted by atomic mass is 15.3. The topological polar surface area (TPSA) is 101 Å². The molecule has 0 saturated heterocycles. The molecular weight excluding hydrogens is 765 g/mol. The monoisotopic (exact) mass is 841 g/mol. The van der Waals surface area contributed by atoms with Crippen LogP contribution in [0.15, 0.2) is 49.1 Å². The fraction of sp³-hybridized carbons (Fsp3) is 0.577. The first kappa shape index (κ1) is 45.2. The lowest BCUT2D eigenvalue weighted by Crippen LogP contribution is -2.42. The third kappa shape index (κ3) is 9.69. The minimum absolute atomic E-state index is 0.0275. The number of nitrogens with zero attached hydrogens (tertiary/aromatic N) is 8. The highest BCUT2D eigenvalue weighted by Crippen LogP contribution is 2.35. The molecule has 2 N–H and O–H groups in total. The summed E-state index contributed by atoms with van der Waals surface area (Å²) in [6, 6.07) is 14.2. The maximum Gasteiger partial charge on any atom is 0.244 e. The van der Waals surface area contributed by atoms with Gasteiger partial charge in [-0.15, -0.1) is 0 Å². The van der Waals surface area contributed by atoms with Crippen LogP contribution in [0.1, 0.15) is 204 Å². The Morgan fingerprint density at radius 2 is 0.839 bits per heavy atom. The standard InChI is InChI=1S/C52H76N10/c1-47(2,3)37-21-33-19-35(23-37)27-59-31-61(45(51(13,14)15)43(59)49(7,8)9)29-41-54-42(58-57-41)30-62-32-60(44(50(10,11)12)46(62)52(16,17)18)28-36-20-34(22-38(24-36)48(4,5)6)26-40-53-39(25-33)55-56-40/h19-24,31-32H,25-30H2,1-18H3,(H,53,55,56)(H,54,57,58)/q+2. The third-order valence-corrected chi connectivity index (χ3v) is 12.1. The van der Waals surface area contributed by atoms with E-state index in [1.807, 2.05) is 0 Å². The SMILES string of the molecule is CC(C)(C)c1cc2cc(c1)C[n+]1cn(c(C(C)(C)C)c1C(C)(C)C)Cc1n[nH]c(n1)Cn1c[n+](c(C(C)(C)C)c1C(C)(C)C)Cc1cc(cc(C(C)(C)C)c1)Cc1n[nH]c(n1)C2. The number of H-pyrrole nitrogens is 2. The van der Waals surface area contributed by atoms with Crippen LogP contribution in [-0.4, -0.2) is 39.5 Å². The lowest BCUT2D eigenvalue weighted by Gasteiger charge is -2.25. The Balaban J connectivity index is 1.44. The number of hydrogen-bond donors (Lipinski definition) is 2. The molecule has 0 fully saturated rings. The predicted octanol–water partition coefficient (Wildman–Crippen LogP) is 9.57. The van der Waals surface area contributed by atoms with Crippen LogP contribution in [0.25, 0.3) is 0 Å². The molecule has 1 aliphatic rings. The Bertz CT molecular complexity index is 2410. The fourth-order valence-electron chi connectivity index (χ4n) is 9.57. The normalized spacial score (nSPS) is 14.9. The Kier molecular flexibility index (Phi) is 11.3. The zero-order chi connectivity index (χ0) is 45.5. The molecule has 10 heteroatoms. The lowest BCUT2D eigenvalue weighted by molar-refractivity contribution is -0.698. The Labute approximate surface area is 372 Å². The summed E-state index contributed by atoms with van der Waals surface area (Å²) >= 11 is 0. The van der Waals surface area contributed by atoms with Gasteiger partial charge in [-0.05, 0) is 44.2 Å². The van der Waals surface area contributed by atoms with E-state index in [1.165, 1.54) is 56.2 Å². The second-order valence-electron chi connectivity index (χ2n) is 24.5. The summed E-state index contributed by atoms with van der Waals surface area (Å²) in [5.41, 5.74) is 12.3. The molecule has 0 saturated carbocycles. The van der Waals surface area contributed by atoms with Crippen LogP contribution in [0.2, 0.25) is 0 Å². The predicted molar refractivity (Wildman–Crippen MR) is 249 cm³/mol. The van der Waals surface area contributed by atoms with Crippen LogP contribution in [0.4, 0.5) is 0 Å². The first-order valence-corrected chi connectivity index (χ1v) is 22.8. The highest BCUT2D eigenvalue weighted by Gasteiger charge is 2.41. The summed E-state index contributed by atoms with van der Waals surface area (Å²) in [5.74, 6) is 3.34. The summed E-state index contributed by atoms with van der Waals surface area (Å²) < 4.78 is 9.77. The molecule has 12 bridgehead atoms. The Morgan fingerprint density at radius 1 is 0.435 bits per heavy atom. The van der Waals surface area contributed by atoms with Crippen molar-refractivity contribution in [3.63, 3.8) is 0 Å². The molecule has 4 aromatic heterocycles. The number of aromatic amines is 2. The summed E-state index contributed by atoms with van der Waals surface area (Å²) in [4.78, 5) is 10.4. The quantitative estimate of drug-likeness (QED) is 0.149. The van der Waals surface area contributed by atoms with Crippen molar-refractivity contribution < 1.29 is 9.13 Å². The zero-order valence-corrected chi connectivity index (χ0v) is 41.4. The molecule has 7 rings (SSSR count). The molecule has 0 amide bonds. The van der Waals surface area contributed by atoms with E-state index < -0.39 is 0 Å². The average Bonchev–Trinajstić information content (AvgIpc) is 3.89. The van der Waals surface area contributed by atoms with Crippen LogP contribution in [0, 0.1) is 0 Å². The Morgan fingerprint density at radius 3 is 1.29 bits per heavy atom. The summed E-state index contributed by atoms with van der Waals surface area (Å²) in [6.45, 7) is 44.4. The van der Waals surface area contributed by atoms with Gasteiger partial charge in [0, 0.05) is 34.5 Å². The van der Waals surface area contributed by atoms with Gasteiger partial charge in [0.15, 0.2) is 46.8 Å². The van der Waals surface area contributed by atoms with Gasteiger partial charge in [0.2, 0.25) is 12.7 Å². The van der Waals surface area contributed by atoms with Gasteiger partial charge in [-0.25, -0.2) is 28.2 Å². The zero-order valence-electron chi connectivity index (χ0n) is 41.4. The minimum Gasteiger partial charge on any atom is -0.263 e. The summed E-state index contributed by atoms with van der Waals surface area (Å²) in [7, 11) is 0. The van der Waals surface area contributed by atoms with Crippen LogP contribution in [-0.2, 0) is 71.5 Å². The fourth-order valence-corrected chi connectivity index (χ4v) is 9.57. The van der Waals surface area contributed by atoms with Gasteiger partial charge in [0.1, 0.15) is 25.5 Å². The van der Waals surface area contributed by atoms with Gasteiger partial charge in [0.25, 0.3) is 0 Å².